The summed E-state index contributed by atoms with van der Waals surface area (Å²) in [5.41, 5.74) is 2.22. The summed E-state index contributed by atoms with van der Waals surface area (Å²) in [6.45, 7) is 5.72. The van der Waals surface area contributed by atoms with Crippen molar-refractivity contribution in [3.8, 4) is 11.5 Å². The smallest absolute Gasteiger partial charge is 0.308 e. The van der Waals surface area contributed by atoms with Gasteiger partial charge >= 0.3 is 5.97 Å². The minimum Gasteiger partial charge on any atom is -0.497 e. The molecule has 0 spiro atoms. The molecule has 0 unspecified atom stereocenters. The molecule has 0 aliphatic heterocycles. The van der Waals surface area contributed by atoms with E-state index in [-0.39, 0.29) is 29.9 Å². The van der Waals surface area contributed by atoms with E-state index in [1.807, 2.05) is 36.4 Å². The third kappa shape index (κ3) is 4.15. The predicted octanol–water partition coefficient (Wildman–Crippen LogP) is 3.94. The summed E-state index contributed by atoms with van der Waals surface area (Å²) in [5.74, 6) is 1.11. The zero-order chi connectivity index (χ0) is 15.5. The monoisotopic (exact) mass is 335 g/mol. The van der Waals surface area contributed by atoms with Crippen LogP contribution in [0, 0.1) is 0 Å². The summed E-state index contributed by atoms with van der Waals surface area (Å²) >= 11 is 0. The van der Waals surface area contributed by atoms with Crippen LogP contribution in [0.4, 0.5) is 0 Å². The van der Waals surface area contributed by atoms with Crippen molar-refractivity contribution < 1.29 is 32.8 Å². The molecule has 0 aromatic heterocycles. The topological polar surface area (TPSA) is 35.5 Å². The molecule has 22 heavy (non-hydrogen) atoms. The van der Waals surface area contributed by atoms with Gasteiger partial charge in [0.05, 0.1) is 7.11 Å². The first-order valence-corrected chi connectivity index (χ1v) is 6.87. The minimum atomic E-state index is -0.308. The Morgan fingerprint density at radius 3 is 1.64 bits per heavy atom. The van der Waals surface area contributed by atoms with Gasteiger partial charge in [0.25, 0.3) is 0 Å². The molecule has 3 nitrogen and oxygen atoms in total. The van der Waals surface area contributed by atoms with Gasteiger partial charge in [0.15, 0.2) is 0 Å². The van der Waals surface area contributed by atoms with Gasteiger partial charge in [0.1, 0.15) is 11.5 Å². The van der Waals surface area contributed by atoms with E-state index in [2.05, 4.69) is 26.0 Å². The van der Waals surface area contributed by atoms with Crippen LogP contribution in [0.3, 0.4) is 0 Å². The van der Waals surface area contributed by atoms with Gasteiger partial charge in [-0.3, -0.25) is 4.79 Å². The van der Waals surface area contributed by atoms with E-state index in [1.165, 1.54) is 12.5 Å². The van der Waals surface area contributed by atoms with Crippen LogP contribution in [0.15, 0.2) is 48.5 Å². The Morgan fingerprint density at radius 2 is 1.27 bits per heavy atom. The molecule has 4 heteroatoms. The van der Waals surface area contributed by atoms with Crippen molar-refractivity contribution in [3.05, 3.63) is 59.7 Å². The normalized spacial score (nSPS) is 10.5. The Morgan fingerprint density at radius 1 is 0.864 bits per heavy atom. The maximum absolute atomic E-state index is 10.9. The summed E-state index contributed by atoms with van der Waals surface area (Å²) in [6, 6.07) is 15.7. The average Bonchev–Trinajstić information content (AvgIpc) is 2.47. The molecule has 0 amide bonds. The maximum atomic E-state index is 10.9. The third-order valence-corrected chi connectivity index (χ3v) is 3.65. The number of methoxy groups -OCH3 is 1. The Balaban J connectivity index is 0.00000242. The van der Waals surface area contributed by atoms with Crippen molar-refractivity contribution in [2.24, 2.45) is 0 Å². The van der Waals surface area contributed by atoms with E-state index in [4.69, 9.17) is 9.47 Å². The predicted molar refractivity (Wildman–Crippen MR) is 82.9 cm³/mol. The third-order valence-electron chi connectivity index (χ3n) is 3.65. The van der Waals surface area contributed by atoms with E-state index >= 15 is 0 Å². The zero-order valence-corrected chi connectivity index (χ0v) is 14.7. The Kier molecular flexibility index (Phi) is 6.27. The number of ether oxygens (including phenoxy) is 2. The van der Waals surface area contributed by atoms with Crippen LogP contribution in [0.1, 0.15) is 31.9 Å². The van der Waals surface area contributed by atoms with Crippen molar-refractivity contribution >= 4 is 5.97 Å². The molecule has 0 aliphatic rings. The molecule has 0 saturated carbocycles. The van der Waals surface area contributed by atoms with Crippen molar-refractivity contribution in [2.45, 2.75) is 26.2 Å². The SMILES string of the molecule is COc1ccc(C(C)(C)c2ccc(OC(C)=O)cc2)cc1.[V]. The molecule has 0 aliphatic carbocycles. The number of rotatable bonds is 4. The standard InChI is InChI=1S/C18H20O3.V/c1-13(19)21-17-11-7-15(8-12-17)18(2,3)14-5-9-16(20-4)10-6-14;/h5-12H,1-4H3;. The van der Waals surface area contributed by atoms with Crippen molar-refractivity contribution in [1.82, 2.24) is 0 Å². The van der Waals surface area contributed by atoms with Gasteiger partial charge in [-0.2, -0.15) is 0 Å². The molecule has 115 valence electrons. The second-order valence-electron chi connectivity index (χ2n) is 5.47. The molecule has 0 atom stereocenters. The van der Waals surface area contributed by atoms with Gasteiger partial charge in [0.2, 0.25) is 0 Å². The average molecular weight is 335 g/mol. The van der Waals surface area contributed by atoms with E-state index < -0.39 is 0 Å². The van der Waals surface area contributed by atoms with Gasteiger partial charge < -0.3 is 9.47 Å². The van der Waals surface area contributed by atoms with Gasteiger partial charge in [-0.15, -0.1) is 0 Å². The fourth-order valence-electron chi connectivity index (χ4n) is 2.28. The molecule has 2 aromatic carbocycles. The summed E-state index contributed by atoms with van der Waals surface area (Å²) in [6.07, 6.45) is 0. The van der Waals surface area contributed by atoms with Crippen LogP contribution in [0.25, 0.3) is 0 Å². The molecule has 1 radical (unpaired) electrons. The zero-order valence-electron chi connectivity index (χ0n) is 13.3. The largest absolute Gasteiger partial charge is 0.497 e. The van der Waals surface area contributed by atoms with Gasteiger partial charge in [-0.1, -0.05) is 38.1 Å². The molecule has 0 saturated heterocycles. The molecule has 0 bridgehead atoms. The van der Waals surface area contributed by atoms with Gasteiger partial charge in [0, 0.05) is 30.9 Å². The second kappa shape index (κ2) is 7.52. The van der Waals surface area contributed by atoms with Crippen LogP contribution in [0.2, 0.25) is 0 Å². The summed E-state index contributed by atoms with van der Waals surface area (Å²) < 4.78 is 10.3. The number of esters is 1. The number of carbonyl (C=O) groups is 1. The molecule has 2 aromatic rings. The van der Waals surface area contributed by atoms with Crippen LogP contribution in [-0.4, -0.2) is 13.1 Å². The van der Waals surface area contributed by atoms with Gasteiger partial charge in [-0.05, 0) is 35.4 Å². The molecule has 0 heterocycles. The van der Waals surface area contributed by atoms with Crippen LogP contribution in [0.5, 0.6) is 11.5 Å². The first-order valence-electron chi connectivity index (χ1n) is 6.87. The molecule has 0 N–H and O–H groups in total. The van der Waals surface area contributed by atoms with Crippen LogP contribution >= 0.6 is 0 Å². The summed E-state index contributed by atoms with van der Waals surface area (Å²) in [5, 5.41) is 0. The van der Waals surface area contributed by atoms with Crippen LogP contribution < -0.4 is 9.47 Å². The molecule has 2 rings (SSSR count). The van der Waals surface area contributed by atoms with E-state index in [9.17, 15) is 4.79 Å². The minimum absolute atomic E-state index is 0. The summed E-state index contributed by atoms with van der Waals surface area (Å²) in [4.78, 5) is 10.9. The fourth-order valence-corrected chi connectivity index (χ4v) is 2.28. The Labute approximate surface area is 143 Å². The summed E-state index contributed by atoms with van der Waals surface area (Å²) in [7, 11) is 1.66. The van der Waals surface area contributed by atoms with Crippen molar-refractivity contribution in [3.63, 3.8) is 0 Å². The van der Waals surface area contributed by atoms with E-state index in [1.54, 1.807) is 7.11 Å². The molecular weight excluding hydrogens is 315 g/mol. The molecule has 0 fully saturated rings. The second-order valence-corrected chi connectivity index (χ2v) is 5.47. The van der Waals surface area contributed by atoms with Crippen molar-refractivity contribution in [2.75, 3.05) is 7.11 Å². The Hall–Kier alpha value is -1.71. The van der Waals surface area contributed by atoms with Crippen molar-refractivity contribution in [1.29, 1.82) is 0 Å². The Bertz CT molecular complexity index is 616. The van der Waals surface area contributed by atoms with E-state index in [0.717, 1.165) is 11.3 Å². The van der Waals surface area contributed by atoms with Crippen LogP contribution in [-0.2, 0) is 28.8 Å². The maximum Gasteiger partial charge on any atom is 0.308 e. The first-order chi connectivity index (χ1) is 9.93. The van der Waals surface area contributed by atoms with E-state index in [0.29, 0.717) is 5.75 Å². The fraction of sp³-hybridized carbons (Fsp3) is 0.278. The van der Waals surface area contributed by atoms with Gasteiger partial charge in [-0.25, -0.2) is 0 Å². The molecular formula is C18H20O3V. The number of carbonyl (C=O) groups excluding carboxylic acids is 1. The number of hydrogen-bond acceptors (Lipinski definition) is 3. The quantitative estimate of drug-likeness (QED) is 0.627. The number of hydrogen-bond donors (Lipinski definition) is 0. The first kappa shape index (κ1) is 18.3. The number of benzene rings is 2.